The Labute approximate surface area is 241 Å². The fourth-order valence-electron chi connectivity index (χ4n) is 4.06. The summed E-state index contributed by atoms with van der Waals surface area (Å²) >= 11 is 6.09. The third-order valence-corrected chi connectivity index (χ3v) is 8.83. The van der Waals surface area contributed by atoms with Gasteiger partial charge in [0.1, 0.15) is 23.1 Å². The summed E-state index contributed by atoms with van der Waals surface area (Å²) in [7, 11) is -4.75. The van der Waals surface area contributed by atoms with Crippen molar-refractivity contribution in [2.75, 3.05) is 17.4 Å². The van der Waals surface area contributed by atoms with Gasteiger partial charge in [0.2, 0.25) is 5.91 Å². The van der Waals surface area contributed by atoms with E-state index in [4.69, 9.17) is 16.3 Å². The van der Waals surface area contributed by atoms with Gasteiger partial charge in [-0.2, -0.15) is 26.3 Å². The highest BCUT2D eigenvalue weighted by Crippen LogP contribution is 2.42. The molecule has 1 aliphatic rings. The Morgan fingerprint density at radius 3 is 2.33 bits per heavy atom. The maximum Gasteiger partial charge on any atom is 0.416 e. The SMILES string of the molecule is CC(C)(C(=O)NC[C@H]1CN(S(=O)(=O)c2cccc(C(F)(F)F)c2)c2cc(-c3cccc(F)c3Cl)ccc2O1)C(F)(F)F. The molecule has 0 saturated heterocycles. The van der Waals surface area contributed by atoms with Crippen LogP contribution in [0.3, 0.4) is 0 Å². The highest BCUT2D eigenvalue weighted by Gasteiger charge is 2.53. The number of benzene rings is 3. The Bertz CT molecular complexity index is 1630. The van der Waals surface area contributed by atoms with E-state index in [-0.39, 0.29) is 27.6 Å². The predicted octanol–water partition coefficient (Wildman–Crippen LogP) is 6.83. The number of sulfonamides is 1. The van der Waals surface area contributed by atoms with Gasteiger partial charge in [-0.05, 0) is 55.8 Å². The number of carbonyl (C=O) groups is 1. The molecule has 42 heavy (non-hydrogen) atoms. The number of ether oxygens (including phenoxy) is 1. The molecule has 1 atom stereocenters. The fourth-order valence-corrected chi connectivity index (χ4v) is 5.84. The van der Waals surface area contributed by atoms with Crippen molar-refractivity contribution in [3.63, 3.8) is 0 Å². The van der Waals surface area contributed by atoms with Gasteiger partial charge in [-0.1, -0.05) is 35.9 Å². The van der Waals surface area contributed by atoms with E-state index >= 15 is 0 Å². The lowest BCUT2D eigenvalue weighted by molar-refractivity contribution is -0.211. The van der Waals surface area contributed by atoms with E-state index in [1.807, 2.05) is 0 Å². The molecule has 15 heteroatoms. The number of nitrogens with zero attached hydrogens (tertiary/aromatic N) is 1. The van der Waals surface area contributed by atoms with Crippen LogP contribution in [-0.4, -0.2) is 39.7 Å². The molecule has 0 bridgehead atoms. The number of hydrogen-bond donors (Lipinski definition) is 1. The highest BCUT2D eigenvalue weighted by atomic mass is 35.5. The molecule has 1 N–H and O–H groups in total. The van der Waals surface area contributed by atoms with Gasteiger partial charge >= 0.3 is 12.4 Å². The molecule has 0 saturated carbocycles. The van der Waals surface area contributed by atoms with Crippen LogP contribution in [-0.2, 0) is 21.0 Å². The molecule has 1 amide bonds. The van der Waals surface area contributed by atoms with Gasteiger partial charge in [0.15, 0.2) is 0 Å². The second-order valence-corrected chi connectivity index (χ2v) is 12.2. The Balaban J connectivity index is 1.77. The van der Waals surface area contributed by atoms with E-state index < -0.39 is 69.2 Å². The number of amides is 1. The topological polar surface area (TPSA) is 75.7 Å². The maximum absolute atomic E-state index is 14.1. The molecule has 0 radical (unpaired) electrons. The van der Waals surface area contributed by atoms with Gasteiger partial charge in [-0.25, -0.2) is 12.8 Å². The molecule has 0 fully saturated rings. The summed E-state index contributed by atoms with van der Waals surface area (Å²) in [5, 5.41) is 1.84. The number of hydrogen-bond acceptors (Lipinski definition) is 4. The van der Waals surface area contributed by atoms with Crippen molar-refractivity contribution in [1.82, 2.24) is 5.32 Å². The van der Waals surface area contributed by atoms with Crippen molar-refractivity contribution < 1.29 is 48.7 Å². The van der Waals surface area contributed by atoms with Crippen LogP contribution in [0.4, 0.5) is 36.4 Å². The minimum absolute atomic E-state index is 0.109. The lowest BCUT2D eigenvalue weighted by Crippen LogP contribution is -2.52. The van der Waals surface area contributed by atoms with Crippen LogP contribution < -0.4 is 14.4 Å². The van der Waals surface area contributed by atoms with Gasteiger partial charge in [-0.3, -0.25) is 9.10 Å². The molecule has 3 aromatic rings. The van der Waals surface area contributed by atoms with Gasteiger partial charge in [0.25, 0.3) is 10.0 Å². The van der Waals surface area contributed by atoms with Crippen LogP contribution in [0.5, 0.6) is 5.75 Å². The average molecular weight is 639 g/mol. The zero-order chi connectivity index (χ0) is 31.3. The minimum Gasteiger partial charge on any atom is -0.484 e. The summed E-state index contributed by atoms with van der Waals surface area (Å²) in [6.07, 6.45) is -11.0. The largest absolute Gasteiger partial charge is 0.484 e. The average Bonchev–Trinajstić information content (AvgIpc) is 2.91. The molecule has 4 rings (SSSR count). The number of alkyl halides is 6. The minimum atomic E-state index is -4.88. The summed E-state index contributed by atoms with van der Waals surface area (Å²) in [6.45, 7) is 0.175. The Kier molecular flexibility index (Phi) is 8.19. The molecule has 1 aliphatic heterocycles. The first-order valence-corrected chi connectivity index (χ1v) is 14.0. The van der Waals surface area contributed by atoms with Crippen LogP contribution in [0, 0.1) is 11.2 Å². The van der Waals surface area contributed by atoms with Crippen molar-refractivity contribution in [1.29, 1.82) is 0 Å². The summed E-state index contributed by atoms with van der Waals surface area (Å²) in [4.78, 5) is 11.6. The number of rotatable bonds is 6. The lowest BCUT2D eigenvalue weighted by Gasteiger charge is -2.36. The molecule has 1 heterocycles. The molecule has 0 aliphatic carbocycles. The first-order valence-electron chi connectivity index (χ1n) is 12.1. The Hall–Kier alpha value is -3.52. The van der Waals surface area contributed by atoms with E-state index in [0.29, 0.717) is 26.0 Å². The van der Waals surface area contributed by atoms with Gasteiger partial charge in [0.05, 0.1) is 34.3 Å². The van der Waals surface area contributed by atoms with Crippen LogP contribution >= 0.6 is 11.6 Å². The normalized spacial score (nSPS) is 16.0. The molecule has 0 aromatic heterocycles. The number of carbonyl (C=O) groups excluding carboxylic acids is 1. The second-order valence-electron chi connectivity index (χ2n) is 9.92. The predicted molar refractivity (Wildman–Crippen MR) is 140 cm³/mol. The van der Waals surface area contributed by atoms with E-state index in [0.717, 1.165) is 22.5 Å². The van der Waals surface area contributed by atoms with Crippen molar-refractivity contribution >= 4 is 33.2 Å². The van der Waals surface area contributed by atoms with E-state index in [1.54, 1.807) is 0 Å². The smallest absolute Gasteiger partial charge is 0.416 e. The van der Waals surface area contributed by atoms with Crippen molar-refractivity contribution in [3.05, 3.63) is 77.1 Å². The van der Waals surface area contributed by atoms with Crippen LogP contribution in [0.15, 0.2) is 65.6 Å². The summed E-state index contributed by atoms with van der Waals surface area (Å²) < 4.78 is 128. The zero-order valence-corrected chi connectivity index (χ0v) is 23.3. The van der Waals surface area contributed by atoms with Gasteiger partial charge < -0.3 is 10.1 Å². The van der Waals surface area contributed by atoms with E-state index in [9.17, 15) is 43.9 Å². The first kappa shape index (κ1) is 31.4. The molecule has 3 aromatic carbocycles. The number of halogens is 8. The number of nitrogens with one attached hydrogen (secondary N) is 1. The van der Waals surface area contributed by atoms with Crippen molar-refractivity contribution in [3.8, 4) is 16.9 Å². The summed E-state index contributed by atoms with van der Waals surface area (Å²) in [6, 6.07) is 10.9. The Morgan fingerprint density at radius 1 is 1.02 bits per heavy atom. The highest BCUT2D eigenvalue weighted by molar-refractivity contribution is 7.92. The van der Waals surface area contributed by atoms with Crippen molar-refractivity contribution in [2.45, 2.75) is 37.2 Å². The molecule has 0 spiro atoms. The third-order valence-electron chi connectivity index (χ3n) is 6.67. The van der Waals surface area contributed by atoms with Crippen LogP contribution in [0.2, 0.25) is 5.02 Å². The Morgan fingerprint density at radius 2 is 1.69 bits per heavy atom. The molecule has 226 valence electrons. The van der Waals surface area contributed by atoms with Crippen LogP contribution in [0.25, 0.3) is 11.1 Å². The maximum atomic E-state index is 14.1. The number of anilines is 1. The molecular weight excluding hydrogens is 617 g/mol. The monoisotopic (exact) mass is 638 g/mol. The first-order chi connectivity index (χ1) is 19.3. The zero-order valence-electron chi connectivity index (χ0n) is 21.8. The molecule has 0 unspecified atom stereocenters. The summed E-state index contributed by atoms with van der Waals surface area (Å²) in [5.41, 5.74) is -3.73. The standard InChI is InChI=1S/C27H22ClF7N2O4S/c1-25(2,27(33,34)35)24(38)36-13-17-14-37(42(39,40)18-6-3-5-16(12-18)26(30,31)32)21-11-15(9-10-22(21)41-17)19-7-4-8-20(29)23(19)28/h3-12,17H,13-14H2,1-2H3,(H,36,38)/t17-/m0/s1. The fraction of sp³-hybridized carbons (Fsp3) is 0.296. The van der Waals surface area contributed by atoms with E-state index in [2.05, 4.69) is 5.32 Å². The van der Waals surface area contributed by atoms with Gasteiger partial charge in [0, 0.05) is 5.56 Å². The van der Waals surface area contributed by atoms with E-state index in [1.165, 1.54) is 30.3 Å². The molecule has 6 nitrogen and oxygen atoms in total. The quantitative estimate of drug-likeness (QED) is 0.301. The second kappa shape index (κ2) is 11.0. The van der Waals surface area contributed by atoms with Crippen LogP contribution in [0.1, 0.15) is 19.4 Å². The summed E-state index contributed by atoms with van der Waals surface area (Å²) in [5.74, 6) is -2.26. The third kappa shape index (κ3) is 6.00. The van der Waals surface area contributed by atoms with Crippen molar-refractivity contribution in [2.24, 2.45) is 5.41 Å². The number of fused-ring (bicyclic) bond motifs is 1. The molecular formula is C27H22ClF7N2O4S. The lowest BCUT2D eigenvalue weighted by atomic mass is 9.91. The van der Waals surface area contributed by atoms with Gasteiger partial charge in [-0.15, -0.1) is 0 Å².